The molecule has 5 heteroatoms. The molecule has 2 rings (SSSR count). The fraction of sp³-hybridized carbons (Fsp3) is 0.529. The average Bonchev–Trinajstić information content (AvgIpc) is 3.26. The van der Waals surface area contributed by atoms with Crippen molar-refractivity contribution in [1.29, 1.82) is 5.26 Å². The maximum Gasteiger partial charge on any atom is 0.235 e. The fourth-order valence-electron chi connectivity index (χ4n) is 2.36. The minimum Gasteiger partial charge on any atom is -0.337 e. The van der Waals surface area contributed by atoms with Crippen LogP contribution in [-0.4, -0.2) is 18.0 Å². The molecule has 4 nitrogen and oxygen atoms in total. The molecule has 1 amide bonds. The predicted molar refractivity (Wildman–Crippen MR) is 87.4 cm³/mol. The summed E-state index contributed by atoms with van der Waals surface area (Å²) in [4.78, 5) is 12.1. The third-order valence-corrected chi connectivity index (χ3v) is 4.74. The van der Waals surface area contributed by atoms with Gasteiger partial charge in [0.05, 0.1) is 12.6 Å². The van der Waals surface area contributed by atoms with Gasteiger partial charge in [0.2, 0.25) is 5.91 Å². The molecule has 0 radical (unpaired) electrons. The van der Waals surface area contributed by atoms with Gasteiger partial charge in [-0.05, 0) is 43.4 Å². The highest BCUT2D eigenvalue weighted by molar-refractivity contribution is 6.30. The van der Waals surface area contributed by atoms with E-state index in [1.807, 2.05) is 38.1 Å². The van der Waals surface area contributed by atoms with Gasteiger partial charge in [-0.2, -0.15) is 5.26 Å². The summed E-state index contributed by atoms with van der Waals surface area (Å²) in [6.45, 7) is 5.78. The van der Waals surface area contributed by atoms with E-state index in [9.17, 15) is 10.1 Å². The lowest BCUT2D eigenvalue weighted by Gasteiger charge is -2.28. The van der Waals surface area contributed by atoms with Gasteiger partial charge in [-0.25, -0.2) is 0 Å². The Bertz CT molecular complexity index is 604. The third-order valence-electron chi connectivity index (χ3n) is 4.50. The molecular formula is C17H22ClN3O. The summed E-state index contributed by atoms with van der Waals surface area (Å²) in [6, 6.07) is 9.91. The van der Waals surface area contributed by atoms with E-state index in [1.165, 1.54) is 0 Å². The number of halogens is 1. The molecule has 118 valence electrons. The zero-order chi connectivity index (χ0) is 16.4. The summed E-state index contributed by atoms with van der Waals surface area (Å²) in [5.41, 5.74) is 0.119. The van der Waals surface area contributed by atoms with Crippen molar-refractivity contribution in [1.82, 2.24) is 10.6 Å². The zero-order valence-corrected chi connectivity index (χ0v) is 14.0. The summed E-state index contributed by atoms with van der Waals surface area (Å²) in [7, 11) is 0. The van der Waals surface area contributed by atoms with Gasteiger partial charge < -0.3 is 5.32 Å². The second kappa shape index (κ2) is 6.28. The number of rotatable bonds is 6. The Labute approximate surface area is 136 Å². The summed E-state index contributed by atoms with van der Waals surface area (Å²) < 4.78 is 0. The maximum atomic E-state index is 12.1. The molecule has 0 bridgehead atoms. The first-order valence-electron chi connectivity index (χ1n) is 7.55. The monoisotopic (exact) mass is 319 g/mol. The Morgan fingerprint density at radius 1 is 1.50 bits per heavy atom. The van der Waals surface area contributed by atoms with Crippen LogP contribution in [0.3, 0.4) is 0 Å². The van der Waals surface area contributed by atoms with Crippen molar-refractivity contribution in [3.05, 3.63) is 34.9 Å². The van der Waals surface area contributed by atoms with E-state index < -0.39 is 5.54 Å². The zero-order valence-electron chi connectivity index (χ0n) is 13.2. The van der Waals surface area contributed by atoms with Crippen LogP contribution in [0.1, 0.15) is 39.2 Å². The molecule has 0 heterocycles. The van der Waals surface area contributed by atoms with E-state index in [4.69, 9.17) is 11.6 Å². The van der Waals surface area contributed by atoms with E-state index in [2.05, 4.69) is 16.7 Å². The molecule has 0 aromatic heterocycles. The highest BCUT2D eigenvalue weighted by Gasteiger charge is 2.44. The molecule has 1 aromatic carbocycles. The number of hydrogen-bond acceptors (Lipinski definition) is 3. The van der Waals surface area contributed by atoms with Crippen molar-refractivity contribution in [3.8, 4) is 6.07 Å². The van der Waals surface area contributed by atoms with E-state index in [1.54, 1.807) is 6.92 Å². The minimum absolute atomic E-state index is 0.0456. The molecule has 0 aliphatic heterocycles. The van der Waals surface area contributed by atoms with Crippen LogP contribution in [0.5, 0.6) is 0 Å². The van der Waals surface area contributed by atoms with Gasteiger partial charge in [0, 0.05) is 10.6 Å². The van der Waals surface area contributed by atoms with Gasteiger partial charge in [0.25, 0.3) is 0 Å². The second-order valence-electron chi connectivity index (χ2n) is 6.46. The number of nitrogens with one attached hydrogen (secondary N) is 2. The Morgan fingerprint density at radius 3 is 2.68 bits per heavy atom. The normalized spacial score (nSPS) is 18.4. The predicted octanol–water partition coefficient (Wildman–Crippen LogP) is 2.97. The first kappa shape index (κ1) is 16.8. The van der Waals surface area contributed by atoms with Gasteiger partial charge in [-0.3, -0.25) is 10.1 Å². The van der Waals surface area contributed by atoms with Crippen LogP contribution in [0, 0.1) is 17.2 Å². The molecule has 0 saturated heterocycles. The lowest BCUT2D eigenvalue weighted by atomic mass is 9.90. The number of amides is 1. The van der Waals surface area contributed by atoms with E-state index in [-0.39, 0.29) is 23.9 Å². The summed E-state index contributed by atoms with van der Waals surface area (Å²) in [6.07, 6.45) is 1.97. The number of nitriles is 1. The number of benzene rings is 1. The quantitative estimate of drug-likeness (QED) is 0.847. The van der Waals surface area contributed by atoms with Crippen molar-refractivity contribution >= 4 is 17.5 Å². The number of hydrogen-bond donors (Lipinski definition) is 2. The Balaban J connectivity index is 1.96. The van der Waals surface area contributed by atoms with Crippen LogP contribution in [0.2, 0.25) is 5.02 Å². The van der Waals surface area contributed by atoms with Crippen LogP contribution < -0.4 is 10.6 Å². The van der Waals surface area contributed by atoms with E-state index >= 15 is 0 Å². The molecule has 1 aromatic rings. The second-order valence-corrected chi connectivity index (χ2v) is 6.90. The first-order chi connectivity index (χ1) is 10.3. The van der Waals surface area contributed by atoms with Gasteiger partial charge in [0.15, 0.2) is 0 Å². The SMILES string of the molecule is CC(C)C(C)(C#N)NC(=O)CNC1(c2cccc(Cl)c2)CC1. The third kappa shape index (κ3) is 3.60. The van der Waals surface area contributed by atoms with Gasteiger partial charge in [0.1, 0.15) is 5.54 Å². The lowest BCUT2D eigenvalue weighted by Crippen LogP contribution is -2.52. The standard InChI is InChI=1S/C17H22ClN3O/c1-12(2)16(3,11-19)21-15(22)10-20-17(7-8-17)13-5-4-6-14(18)9-13/h4-6,9,12,20H,7-8,10H2,1-3H3,(H,21,22). The topological polar surface area (TPSA) is 64.9 Å². The molecule has 2 N–H and O–H groups in total. The van der Waals surface area contributed by atoms with Crippen LogP contribution in [0.15, 0.2) is 24.3 Å². The Kier molecular flexibility index (Phi) is 4.79. The highest BCUT2D eigenvalue weighted by Crippen LogP contribution is 2.45. The number of carbonyl (C=O) groups excluding carboxylic acids is 1. The molecule has 0 spiro atoms. The summed E-state index contributed by atoms with van der Waals surface area (Å²) in [5.74, 6) is -0.115. The van der Waals surface area contributed by atoms with Crippen LogP contribution in [0.25, 0.3) is 0 Å². The Morgan fingerprint density at radius 2 is 2.18 bits per heavy atom. The van der Waals surface area contributed by atoms with Gasteiger partial charge in [-0.1, -0.05) is 37.6 Å². The molecule has 1 saturated carbocycles. The Hall–Kier alpha value is -1.57. The van der Waals surface area contributed by atoms with Crippen LogP contribution in [0.4, 0.5) is 0 Å². The summed E-state index contributed by atoms with van der Waals surface area (Å²) in [5, 5.41) is 16.1. The fourth-order valence-corrected chi connectivity index (χ4v) is 2.55. The van der Waals surface area contributed by atoms with Crippen LogP contribution in [-0.2, 0) is 10.3 Å². The smallest absolute Gasteiger partial charge is 0.235 e. The largest absolute Gasteiger partial charge is 0.337 e. The molecule has 1 aliphatic carbocycles. The lowest BCUT2D eigenvalue weighted by molar-refractivity contribution is -0.122. The van der Waals surface area contributed by atoms with E-state index in [0.717, 1.165) is 18.4 Å². The van der Waals surface area contributed by atoms with Gasteiger partial charge in [-0.15, -0.1) is 0 Å². The van der Waals surface area contributed by atoms with Crippen molar-refractivity contribution in [2.75, 3.05) is 6.54 Å². The minimum atomic E-state index is -0.842. The molecule has 22 heavy (non-hydrogen) atoms. The van der Waals surface area contributed by atoms with E-state index in [0.29, 0.717) is 5.02 Å². The number of carbonyl (C=O) groups is 1. The van der Waals surface area contributed by atoms with Gasteiger partial charge >= 0.3 is 0 Å². The average molecular weight is 320 g/mol. The molecule has 1 unspecified atom stereocenters. The number of nitrogens with zero attached hydrogens (tertiary/aromatic N) is 1. The van der Waals surface area contributed by atoms with Crippen LogP contribution >= 0.6 is 11.6 Å². The maximum absolute atomic E-state index is 12.1. The molecule has 1 aliphatic rings. The van der Waals surface area contributed by atoms with Crippen molar-refractivity contribution in [2.24, 2.45) is 5.92 Å². The molecule has 1 fully saturated rings. The van der Waals surface area contributed by atoms with Crippen molar-refractivity contribution < 1.29 is 4.79 Å². The first-order valence-corrected chi connectivity index (χ1v) is 7.92. The molecule has 1 atom stereocenters. The molecular weight excluding hydrogens is 298 g/mol. The summed E-state index contributed by atoms with van der Waals surface area (Å²) >= 11 is 6.04. The highest BCUT2D eigenvalue weighted by atomic mass is 35.5. The van der Waals surface area contributed by atoms with Crippen molar-refractivity contribution in [3.63, 3.8) is 0 Å². The van der Waals surface area contributed by atoms with Crippen molar-refractivity contribution in [2.45, 2.75) is 44.7 Å².